The number of hydrogen-bond donors (Lipinski definition) is 7. The summed E-state index contributed by atoms with van der Waals surface area (Å²) in [4.78, 5) is 43.8. The molecule has 0 saturated carbocycles. The number of phenolic OH excluding ortho intramolecular Hbond substituents is 3. The highest BCUT2D eigenvalue weighted by Crippen LogP contribution is 2.25. The fourth-order valence-corrected chi connectivity index (χ4v) is 4.48. The molecule has 1 unspecified atom stereocenters. The summed E-state index contributed by atoms with van der Waals surface area (Å²) in [6.07, 6.45) is 11.5. The molecule has 1 atom stereocenters. The SMILES string of the molecule is CC(=O)NC(CS)C(=O)O.Cc1cc(CNC(=O)CCCC/C=C/C(C)C)ccc1O.O=C(/C=C/c1ccc(O)c(O)c1)OCCc1ccccc1. The number of thiol groups is 1. The largest absolute Gasteiger partial charge is 0.508 e. The fraction of sp³-hybridized carbons (Fsp3) is 0.350. The number of benzene rings is 3. The van der Waals surface area contributed by atoms with E-state index in [1.54, 1.807) is 12.1 Å². The number of rotatable bonds is 16. The molecular weight excluding hydrogens is 685 g/mol. The molecule has 3 rings (SSSR count). The monoisotopic (exact) mass is 736 g/mol. The van der Waals surface area contributed by atoms with Gasteiger partial charge < -0.3 is 35.8 Å². The Morgan fingerprint density at radius 1 is 0.885 bits per heavy atom. The molecule has 11 nitrogen and oxygen atoms in total. The number of phenols is 3. The van der Waals surface area contributed by atoms with Crippen LogP contribution in [-0.4, -0.2) is 62.6 Å². The van der Waals surface area contributed by atoms with Crippen LogP contribution in [-0.2, 0) is 36.9 Å². The van der Waals surface area contributed by atoms with Gasteiger partial charge in [-0.1, -0.05) is 74.5 Å². The van der Waals surface area contributed by atoms with Gasteiger partial charge in [0.1, 0.15) is 11.8 Å². The Labute approximate surface area is 311 Å². The third-order valence-corrected chi connectivity index (χ3v) is 7.41. The topological polar surface area (TPSA) is 182 Å². The maximum atomic E-state index is 11.7. The zero-order valence-corrected chi connectivity index (χ0v) is 31.1. The quantitative estimate of drug-likeness (QED) is 0.0216. The van der Waals surface area contributed by atoms with Crippen molar-refractivity contribution in [3.8, 4) is 17.2 Å². The lowest BCUT2D eigenvalue weighted by Crippen LogP contribution is -2.40. The second kappa shape index (κ2) is 25.7. The summed E-state index contributed by atoms with van der Waals surface area (Å²) in [5, 5.41) is 41.5. The van der Waals surface area contributed by atoms with Crippen molar-refractivity contribution in [3.05, 3.63) is 107 Å². The van der Waals surface area contributed by atoms with Crippen LogP contribution in [0.2, 0.25) is 0 Å². The Hall–Kier alpha value is -5.23. The first kappa shape index (κ1) is 44.8. The standard InChI is InChI=1S/C18H27NO2.C17H16O4.C5H9NO3S/c1-14(2)8-6-4-5-7-9-18(21)19-13-16-10-11-17(20)15(3)12-16;18-15-8-6-14(12-16(15)19)7-9-17(20)21-11-10-13-4-2-1-3-5-13;1-3(7)6-4(2-10)5(8)9/h6,8,10-12,14,20H,4-5,7,9,13H2,1-3H3,(H,19,21);1-9,12,18-19H,10-11H2;4,10H,2H2,1H3,(H,6,7)(H,8,9)/b8-6+;9-7+;. The van der Waals surface area contributed by atoms with Crippen molar-refractivity contribution in [3.63, 3.8) is 0 Å². The van der Waals surface area contributed by atoms with Crippen molar-refractivity contribution in [2.24, 2.45) is 5.92 Å². The molecule has 6 N–H and O–H groups in total. The molecule has 0 spiro atoms. The average molecular weight is 737 g/mol. The van der Waals surface area contributed by atoms with Gasteiger partial charge >= 0.3 is 11.9 Å². The number of esters is 1. The number of allylic oxidation sites excluding steroid dienone is 2. The second-order valence-electron chi connectivity index (χ2n) is 12.1. The molecule has 0 fully saturated rings. The van der Waals surface area contributed by atoms with E-state index in [-0.39, 0.29) is 29.1 Å². The van der Waals surface area contributed by atoms with E-state index in [9.17, 15) is 34.5 Å². The molecule has 282 valence electrons. The second-order valence-corrected chi connectivity index (χ2v) is 12.4. The average Bonchev–Trinajstić information content (AvgIpc) is 3.10. The van der Waals surface area contributed by atoms with E-state index < -0.39 is 18.0 Å². The smallest absolute Gasteiger partial charge is 0.330 e. The number of carbonyl (C=O) groups excluding carboxylic acids is 3. The first-order chi connectivity index (χ1) is 24.7. The number of aryl methyl sites for hydroxylation is 1. The zero-order chi connectivity index (χ0) is 38.9. The van der Waals surface area contributed by atoms with Crippen LogP contribution in [0, 0.1) is 12.8 Å². The van der Waals surface area contributed by atoms with Crippen LogP contribution in [0.5, 0.6) is 17.2 Å². The number of nitrogens with one attached hydrogen (secondary N) is 2. The third-order valence-electron chi connectivity index (χ3n) is 7.04. The summed E-state index contributed by atoms with van der Waals surface area (Å²) in [7, 11) is 0. The summed E-state index contributed by atoms with van der Waals surface area (Å²) >= 11 is 3.73. The first-order valence-electron chi connectivity index (χ1n) is 16.9. The minimum atomic E-state index is -1.06. The number of carbonyl (C=O) groups is 4. The molecule has 0 aromatic heterocycles. The van der Waals surface area contributed by atoms with Crippen LogP contribution in [0.1, 0.15) is 68.7 Å². The summed E-state index contributed by atoms with van der Waals surface area (Å²) in [5.74, 6) is -1.21. The number of amides is 2. The van der Waals surface area contributed by atoms with Gasteiger partial charge in [0, 0.05) is 38.1 Å². The van der Waals surface area contributed by atoms with Gasteiger partial charge in [0.2, 0.25) is 11.8 Å². The zero-order valence-electron chi connectivity index (χ0n) is 30.2. The fourth-order valence-electron chi connectivity index (χ4n) is 4.23. The Morgan fingerprint density at radius 2 is 1.58 bits per heavy atom. The summed E-state index contributed by atoms with van der Waals surface area (Å²) in [5.41, 5.74) is 3.56. The van der Waals surface area contributed by atoms with E-state index >= 15 is 0 Å². The maximum absolute atomic E-state index is 11.7. The number of aliphatic carboxylic acids is 1. The van der Waals surface area contributed by atoms with Gasteiger partial charge in [-0.15, -0.1) is 0 Å². The lowest BCUT2D eigenvalue weighted by Gasteiger charge is -2.08. The van der Waals surface area contributed by atoms with Crippen LogP contribution in [0.25, 0.3) is 6.08 Å². The molecule has 0 aliphatic heterocycles. The van der Waals surface area contributed by atoms with Gasteiger partial charge in [0.15, 0.2) is 11.5 Å². The number of aromatic hydroxyl groups is 3. The molecule has 3 aromatic rings. The predicted molar refractivity (Wildman–Crippen MR) is 206 cm³/mol. The Bertz CT molecular complexity index is 1610. The van der Waals surface area contributed by atoms with Crippen LogP contribution in [0.3, 0.4) is 0 Å². The molecule has 3 aromatic carbocycles. The van der Waals surface area contributed by atoms with Crippen molar-refractivity contribution in [2.45, 2.75) is 72.4 Å². The number of ether oxygens (including phenoxy) is 1. The number of unbranched alkanes of at least 4 members (excludes halogenated alkanes) is 2. The minimum Gasteiger partial charge on any atom is -0.508 e. The number of carboxylic acids is 1. The van der Waals surface area contributed by atoms with E-state index in [0.29, 0.717) is 43.2 Å². The predicted octanol–water partition coefficient (Wildman–Crippen LogP) is 6.49. The van der Waals surface area contributed by atoms with Crippen molar-refractivity contribution in [1.82, 2.24) is 10.6 Å². The van der Waals surface area contributed by atoms with Gasteiger partial charge in [-0.3, -0.25) is 9.59 Å². The highest BCUT2D eigenvalue weighted by atomic mass is 32.1. The summed E-state index contributed by atoms with van der Waals surface area (Å²) < 4.78 is 5.08. The third kappa shape index (κ3) is 21.1. The van der Waals surface area contributed by atoms with E-state index in [1.165, 1.54) is 31.2 Å². The molecule has 0 bridgehead atoms. The molecule has 0 aliphatic carbocycles. The van der Waals surface area contributed by atoms with Crippen LogP contribution >= 0.6 is 12.6 Å². The normalized spacial score (nSPS) is 11.2. The Kier molecular flexibility index (Phi) is 22.1. The Balaban J connectivity index is 0.000000416. The van der Waals surface area contributed by atoms with E-state index in [2.05, 4.69) is 49.3 Å². The lowest BCUT2D eigenvalue weighted by atomic mass is 10.1. The number of carboxylic acid groups (broad SMARTS) is 1. The van der Waals surface area contributed by atoms with E-state index in [1.807, 2.05) is 49.4 Å². The minimum absolute atomic E-state index is 0.0913. The van der Waals surface area contributed by atoms with Gasteiger partial charge in [0.25, 0.3) is 0 Å². The maximum Gasteiger partial charge on any atom is 0.330 e. The van der Waals surface area contributed by atoms with Crippen molar-refractivity contribution < 1.29 is 44.3 Å². The first-order valence-corrected chi connectivity index (χ1v) is 17.6. The van der Waals surface area contributed by atoms with Gasteiger partial charge in [0.05, 0.1) is 6.61 Å². The van der Waals surface area contributed by atoms with Crippen molar-refractivity contribution in [2.75, 3.05) is 12.4 Å². The summed E-state index contributed by atoms with van der Waals surface area (Å²) in [6, 6.07) is 18.6. The molecule has 12 heteroatoms. The van der Waals surface area contributed by atoms with Crippen LogP contribution in [0.15, 0.2) is 85.0 Å². The van der Waals surface area contributed by atoms with Crippen molar-refractivity contribution >= 4 is 42.5 Å². The van der Waals surface area contributed by atoms with Gasteiger partial charge in [-0.05, 0) is 78.6 Å². The number of hydrogen-bond acceptors (Lipinski definition) is 9. The highest BCUT2D eigenvalue weighted by Gasteiger charge is 2.15. The van der Waals surface area contributed by atoms with E-state index in [0.717, 1.165) is 36.0 Å². The van der Waals surface area contributed by atoms with Gasteiger partial charge in [-0.25, -0.2) is 9.59 Å². The summed E-state index contributed by atoms with van der Waals surface area (Å²) in [6.45, 7) is 8.27. The van der Waals surface area contributed by atoms with Crippen molar-refractivity contribution in [1.29, 1.82) is 0 Å². The Morgan fingerprint density at radius 3 is 2.15 bits per heavy atom. The molecule has 0 heterocycles. The molecule has 0 saturated heterocycles. The van der Waals surface area contributed by atoms with Crippen LogP contribution in [0.4, 0.5) is 0 Å². The molecule has 0 radical (unpaired) electrons. The van der Waals surface area contributed by atoms with E-state index in [4.69, 9.17) is 9.84 Å². The highest BCUT2D eigenvalue weighted by molar-refractivity contribution is 7.80. The molecular formula is C40H52N2O9S. The van der Waals surface area contributed by atoms with Crippen LogP contribution < -0.4 is 10.6 Å². The molecule has 0 aliphatic rings. The lowest BCUT2D eigenvalue weighted by molar-refractivity contribution is -0.140. The molecule has 52 heavy (non-hydrogen) atoms. The molecule has 2 amide bonds. The van der Waals surface area contributed by atoms with Gasteiger partial charge in [-0.2, -0.15) is 12.6 Å².